The number of hydrogen-bond acceptors (Lipinski definition) is 5. The van der Waals surface area contributed by atoms with Crippen molar-refractivity contribution in [2.75, 3.05) is 19.7 Å². The SMILES string of the molecule is CC(C)n1cc(CN2CCC[C@]3(C[C@@H](NC(=O)OCc4ccccc4)CO3)C2)cn1. The van der Waals surface area contributed by atoms with Crippen LogP contribution in [-0.2, 0) is 22.6 Å². The van der Waals surface area contributed by atoms with Crippen molar-refractivity contribution in [2.24, 2.45) is 0 Å². The lowest BCUT2D eigenvalue weighted by Gasteiger charge is -2.39. The average Bonchev–Trinajstić information content (AvgIpc) is 3.35. The number of amides is 1. The maximum absolute atomic E-state index is 12.2. The summed E-state index contributed by atoms with van der Waals surface area (Å²) in [6.45, 7) is 7.93. The molecule has 0 aliphatic carbocycles. The van der Waals surface area contributed by atoms with E-state index in [4.69, 9.17) is 9.47 Å². The molecule has 2 atom stereocenters. The molecule has 7 nitrogen and oxygen atoms in total. The Balaban J connectivity index is 1.26. The number of piperidine rings is 1. The van der Waals surface area contributed by atoms with Crippen LogP contribution < -0.4 is 5.32 Å². The van der Waals surface area contributed by atoms with Crippen LogP contribution in [0, 0.1) is 0 Å². The van der Waals surface area contributed by atoms with Gasteiger partial charge in [0.1, 0.15) is 6.61 Å². The number of carbonyl (C=O) groups excluding carboxylic acids is 1. The van der Waals surface area contributed by atoms with Gasteiger partial charge in [0.25, 0.3) is 0 Å². The van der Waals surface area contributed by atoms with E-state index in [1.165, 1.54) is 5.56 Å². The van der Waals surface area contributed by atoms with Crippen molar-refractivity contribution >= 4 is 6.09 Å². The number of ether oxygens (including phenoxy) is 2. The summed E-state index contributed by atoms with van der Waals surface area (Å²) in [4.78, 5) is 14.6. The fourth-order valence-corrected chi connectivity index (χ4v) is 4.48. The van der Waals surface area contributed by atoms with Gasteiger partial charge in [0.05, 0.1) is 24.4 Å². The number of likely N-dealkylation sites (tertiary alicyclic amines) is 1. The first-order valence-electron chi connectivity index (χ1n) is 10.9. The number of carbonyl (C=O) groups is 1. The van der Waals surface area contributed by atoms with Crippen molar-refractivity contribution in [1.29, 1.82) is 0 Å². The number of nitrogens with one attached hydrogen (secondary N) is 1. The van der Waals surface area contributed by atoms with E-state index in [2.05, 4.69) is 35.4 Å². The third-order valence-corrected chi connectivity index (χ3v) is 5.95. The predicted molar refractivity (Wildman–Crippen MR) is 114 cm³/mol. The second-order valence-electron chi connectivity index (χ2n) is 8.84. The molecule has 0 radical (unpaired) electrons. The molecule has 1 spiro atoms. The molecule has 1 N–H and O–H groups in total. The van der Waals surface area contributed by atoms with E-state index < -0.39 is 0 Å². The summed E-state index contributed by atoms with van der Waals surface area (Å²) >= 11 is 0. The Kier molecular flexibility index (Phi) is 6.39. The molecule has 1 amide bonds. The molecule has 2 aliphatic rings. The van der Waals surface area contributed by atoms with E-state index >= 15 is 0 Å². The Morgan fingerprint density at radius 3 is 2.93 bits per heavy atom. The lowest BCUT2D eigenvalue weighted by molar-refractivity contribution is -0.0534. The summed E-state index contributed by atoms with van der Waals surface area (Å²) in [5.74, 6) is 0. The van der Waals surface area contributed by atoms with Crippen molar-refractivity contribution in [3.8, 4) is 0 Å². The molecule has 4 rings (SSSR count). The molecule has 1 aromatic carbocycles. The number of benzene rings is 1. The zero-order valence-corrected chi connectivity index (χ0v) is 17.9. The van der Waals surface area contributed by atoms with E-state index in [9.17, 15) is 4.79 Å². The van der Waals surface area contributed by atoms with Crippen LogP contribution in [0.1, 0.15) is 50.3 Å². The Morgan fingerprint density at radius 1 is 1.33 bits per heavy atom. The molecular formula is C23H32N4O3. The highest BCUT2D eigenvalue weighted by molar-refractivity contribution is 5.67. The number of nitrogens with zero attached hydrogens (tertiary/aromatic N) is 3. The minimum Gasteiger partial charge on any atom is -0.445 e. The van der Waals surface area contributed by atoms with E-state index in [0.717, 1.165) is 44.5 Å². The smallest absolute Gasteiger partial charge is 0.407 e. The molecule has 0 unspecified atom stereocenters. The lowest BCUT2D eigenvalue weighted by Crippen LogP contribution is -2.48. The first-order valence-corrected chi connectivity index (χ1v) is 10.9. The first kappa shape index (κ1) is 20.9. The summed E-state index contributed by atoms with van der Waals surface area (Å²) in [6, 6.07) is 10.1. The summed E-state index contributed by atoms with van der Waals surface area (Å²) in [7, 11) is 0. The lowest BCUT2D eigenvalue weighted by atomic mass is 9.88. The van der Waals surface area contributed by atoms with Crippen LogP contribution in [0.25, 0.3) is 0 Å². The van der Waals surface area contributed by atoms with E-state index in [1.807, 2.05) is 41.2 Å². The van der Waals surface area contributed by atoms with Crippen LogP contribution >= 0.6 is 0 Å². The van der Waals surface area contributed by atoms with E-state index in [0.29, 0.717) is 12.6 Å². The highest BCUT2D eigenvalue weighted by atomic mass is 16.6. The molecule has 2 fully saturated rings. The van der Waals surface area contributed by atoms with Gasteiger partial charge in [-0.15, -0.1) is 0 Å². The molecule has 2 aromatic rings. The fourth-order valence-electron chi connectivity index (χ4n) is 4.48. The normalized spacial score (nSPS) is 24.4. The second kappa shape index (κ2) is 9.18. The second-order valence-corrected chi connectivity index (χ2v) is 8.84. The Bertz CT molecular complexity index is 838. The van der Waals surface area contributed by atoms with Crippen molar-refractivity contribution in [3.05, 3.63) is 53.9 Å². The molecule has 0 bridgehead atoms. The molecule has 3 heterocycles. The summed E-state index contributed by atoms with van der Waals surface area (Å²) in [5, 5.41) is 7.43. The Hall–Kier alpha value is -2.38. The Morgan fingerprint density at radius 2 is 2.17 bits per heavy atom. The Labute approximate surface area is 178 Å². The first-order chi connectivity index (χ1) is 14.5. The van der Waals surface area contributed by atoms with Crippen LogP contribution in [0.15, 0.2) is 42.7 Å². The minimum atomic E-state index is -0.377. The zero-order valence-electron chi connectivity index (χ0n) is 17.9. The van der Waals surface area contributed by atoms with Gasteiger partial charge >= 0.3 is 6.09 Å². The highest BCUT2D eigenvalue weighted by Crippen LogP contribution is 2.35. The fraction of sp³-hybridized carbons (Fsp3) is 0.565. The van der Waals surface area contributed by atoms with Gasteiger partial charge in [-0.3, -0.25) is 9.58 Å². The predicted octanol–water partition coefficient (Wildman–Crippen LogP) is 3.51. The molecule has 2 saturated heterocycles. The maximum atomic E-state index is 12.2. The van der Waals surface area contributed by atoms with Crippen LogP contribution in [0.3, 0.4) is 0 Å². The largest absolute Gasteiger partial charge is 0.445 e. The molecule has 2 aliphatic heterocycles. The maximum Gasteiger partial charge on any atom is 0.407 e. The van der Waals surface area contributed by atoms with Crippen molar-refractivity contribution in [2.45, 2.75) is 63.9 Å². The summed E-state index contributed by atoms with van der Waals surface area (Å²) < 4.78 is 13.6. The van der Waals surface area contributed by atoms with Crippen LogP contribution in [0.5, 0.6) is 0 Å². The monoisotopic (exact) mass is 412 g/mol. The summed E-state index contributed by atoms with van der Waals surface area (Å²) in [5.41, 5.74) is 2.04. The van der Waals surface area contributed by atoms with Gasteiger partial charge in [-0.1, -0.05) is 30.3 Å². The van der Waals surface area contributed by atoms with Gasteiger partial charge in [0.2, 0.25) is 0 Å². The molecule has 7 heteroatoms. The molecule has 1 aromatic heterocycles. The van der Waals surface area contributed by atoms with Crippen LogP contribution in [0.2, 0.25) is 0 Å². The number of aromatic nitrogens is 2. The zero-order chi connectivity index (χ0) is 21.0. The van der Waals surface area contributed by atoms with E-state index in [1.54, 1.807) is 0 Å². The third kappa shape index (κ3) is 5.21. The van der Waals surface area contributed by atoms with Gasteiger partial charge in [-0.2, -0.15) is 5.10 Å². The van der Waals surface area contributed by atoms with Gasteiger partial charge in [-0.05, 0) is 38.8 Å². The van der Waals surface area contributed by atoms with Gasteiger partial charge in [0, 0.05) is 37.3 Å². The number of hydrogen-bond donors (Lipinski definition) is 1. The molecule has 162 valence electrons. The standard InChI is InChI=1S/C23H32N4O3/c1-18(2)27-14-20(12-24-27)13-26-10-6-9-23(17-26)11-21(16-30-23)25-22(28)29-15-19-7-4-3-5-8-19/h3-5,7-8,12,14,18,21H,6,9-11,13,15-17H2,1-2H3,(H,25,28)/t21-,23+/m1/s1. The topological polar surface area (TPSA) is 68.6 Å². The van der Waals surface area contributed by atoms with Crippen molar-refractivity contribution in [3.63, 3.8) is 0 Å². The van der Waals surface area contributed by atoms with Crippen LogP contribution in [0.4, 0.5) is 4.79 Å². The van der Waals surface area contributed by atoms with Gasteiger partial charge in [-0.25, -0.2) is 4.79 Å². The molecule has 0 saturated carbocycles. The van der Waals surface area contributed by atoms with Crippen molar-refractivity contribution in [1.82, 2.24) is 20.0 Å². The van der Waals surface area contributed by atoms with E-state index in [-0.39, 0.29) is 24.3 Å². The highest BCUT2D eigenvalue weighted by Gasteiger charge is 2.44. The minimum absolute atomic E-state index is 0.00286. The number of alkyl carbamates (subject to hydrolysis) is 1. The quantitative estimate of drug-likeness (QED) is 0.786. The average molecular weight is 413 g/mol. The van der Waals surface area contributed by atoms with Gasteiger partial charge in [0.15, 0.2) is 0 Å². The van der Waals surface area contributed by atoms with Crippen molar-refractivity contribution < 1.29 is 14.3 Å². The van der Waals surface area contributed by atoms with Crippen LogP contribution in [-0.4, -0.2) is 52.1 Å². The molecule has 30 heavy (non-hydrogen) atoms. The summed E-state index contributed by atoms with van der Waals surface area (Å²) in [6.07, 6.45) is 6.68. The third-order valence-electron chi connectivity index (χ3n) is 5.95. The van der Waals surface area contributed by atoms with Gasteiger partial charge < -0.3 is 14.8 Å². The number of rotatable bonds is 6. The molecular weight excluding hydrogens is 380 g/mol.